The van der Waals surface area contributed by atoms with Gasteiger partial charge in [0.25, 0.3) is 0 Å². The number of carbonyl (C=O) groups is 1. The summed E-state index contributed by atoms with van der Waals surface area (Å²) in [6.45, 7) is 0.242. The fraction of sp³-hybridized carbons (Fsp3) is 0.417. The van der Waals surface area contributed by atoms with Gasteiger partial charge in [-0.2, -0.15) is 0 Å². The van der Waals surface area contributed by atoms with Crippen molar-refractivity contribution in [3.8, 4) is 17.2 Å². The Morgan fingerprint density at radius 1 is 1.17 bits per heavy atom. The first-order chi connectivity index (χ1) is 8.53. The summed E-state index contributed by atoms with van der Waals surface area (Å²) in [5.41, 5.74) is 0.759. The van der Waals surface area contributed by atoms with E-state index in [1.807, 2.05) is 0 Å². The minimum atomic E-state index is -0.997. The Balaban J connectivity index is 3.11. The topological polar surface area (TPSA) is 68.2 Å². The predicted octanol–water partition coefficient (Wildman–Crippen LogP) is 1.82. The van der Waals surface area contributed by atoms with Gasteiger partial charge >= 0.3 is 6.09 Å². The van der Waals surface area contributed by atoms with E-state index < -0.39 is 6.09 Å². The van der Waals surface area contributed by atoms with Gasteiger partial charge in [0.1, 0.15) is 0 Å². The van der Waals surface area contributed by atoms with Gasteiger partial charge in [0.2, 0.25) is 5.75 Å². The van der Waals surface area contributed by atoms with Crippen molar-refractivity contribution in [2.45, 2.75) is 6.54 Å². The van der Waals surface area contributed by atoms with Crippen molar-refractivity contribution in [3.63, 3.8) is 0 Å². The van der Waals surface area contributed by atoms with Crippen molar-refractivity contribution in [1.29, 1.82) is 0 Å². The van der Waals surface area contributed by atoms with E-state index in [-0.39, 0.29) is 6.54 Å². The number of ether oxygens (including phenoxy) is 3. The lowest BCUT2D eigenvalue weighted by molar-refractivity contribution is 0.153. The Labute approximate surface area is 106 Å². The molecule has 0 spiro atoms. The van der Waals surface area contributed by atoms with Crippen molar-refractivity contribution in [1.82, 2.24) is 4.90 Å². The van der Waals surface area contributed by atoms with Gasteiger partial charge in [0, 0.05) is 13.6 Å². The number of nitrogens with zero attached hydrogens (tertiary/aromatic N) is 1. The molecule has 0 aromatic heterocycles. The van der Waals surface area contributed by atoms with Crippen molar-refractivity contribution >= 4 is 6.09 Å². The summed E-state index contributed by atoms with van der Waals surface area (Å²) in [6.07, 6.45) is -0.997. The van der Waals surface area contributed by atoms with E-state index in [9.17, 15) is 4.79 Å². The summed E-state index contributed by atoms with van der Waals surface area (Å²) >= 11 is 0. The molecule has 0 radical (unpaired) electrons. The van der Waals surface area contributed by atoms with E-state index in [2.05, 4.69) is 0 Å². The fourth-order valence-corrected chi connectivity index (χ4v) is 1.57. The SMILES string of the molecule is COc1cc(CN(C)C(=O)O)cc(OC)c1OC. The normalized spacial score (nSPS) is 9.78. The van der Waals surface area contributed by atoms with E-state index in [4.69, 9.17) is 19.3 Å². The summed E-state index contributed by atoms with van der Waals surface area (Å²) in [5, 5.41) is 8.84. The number of methoxy groups -OCH3 is 3. The molecule has 100 valence electrons. The Hall–Kier alpha value is -2.11. The minimum absolute atomic E-state index is 0.242. The van der Waals surface area contributed by atoms with Crippen LogP contribution in [0.15, 0.2) is 12.1 Å². The van der Waals surface area contributed by atoms with Crippen LogP contribution in [0.25, 0.3) is 0 Å². The van der Waals surface area contributed by atoms with Gasteiger partial charge in [-0.15, -0.1) is 0 Å². The lowest BCUT2D eigenvalue weighted by atomic mass is 10.1. The van der Waals surface area contributed by atoms with E-state index in [1.165, 1.54) is 33.3 Å². The maximum absolute atomic E-state index is 10.8. The Bertz CT molecular complexity index is 407. The second-order valence-electron chi connectivity index (χ2n) is 3.67. The highest BCUT2D eigenvalue weighted by Crippen LogP contribution is 2.38. The van der Waals surface area contributed by atoms with E-state index in [1.54, 1.807) is 12.1 Å². The highest BCUT2D eigenvalue weighted by Gasteiger charge is 2.15. The first kappa shape index (κ1) is 14.0. The van der Waals surface area contributed by atoms with Crippen molar-refractivity contribution < 1.29 is 24.1 Å². The summed E-state index contributed by atoms with van der Waals surface area (Å²) in [4.78, 5) is 11.9. The van der Waals surface area contributed by atoms with Gasteiger partial charge < -0.3 is 24.2 Å². The Morgan fingerprint density at radius 3 is 2.00 bits per heavy atom. The smallest absolute Gasteiger partial charge is 0.407 e. The lowest BCUT2D eigenvalue weighted by Crippen LogP contribution is -2.23. The summed E-state index contributed by atoms with van der Waals surface area (Å²) in [6, 6.07) is 3.45. The third kappa shape index (κ3) is 2.97. The van der Waals surface area contributed by atoms with Crippen molar-refractivity contribution in [2.75, 3.05) is 28.4 Å². The second-order valence-corrected chi connectivity index (χ2v) is 3.67. The van der Waals surface area contributed by atoms with E-state index >= 15 is 0 Å². The van der Waals surface area contributed by atoms with Crippen LogP contribution in [0.3, 0.4) is 0 Å². The first-order valence-corrected chi connectivity index (χ1v) is 5.26. The fourth-order valence-electron chi connectivity index (χ4n) is 1.57. The molecule has 0 unspecified atom stereocenters. The first-order valence-electron chi connectivity index (χ1n) is 5.26. The average molecular weight is 255 g/mol. The maximum atomic E-state index is 10.8. The molecule has 6 heteroatoms. The quantitative estimate of drug-likeness (QED) is 0.869. The summed E-state index contributed by atoms with van der Waals surface area (Å²) in [5.74, 6) is 1.50. The van der Waals surface area contributed by atoms with E-state index in [0.717, 1.165) is 5.56 Å². The average Bonchev–Trinajstić information content (AvgIpc) is 2.37. The van der Waals surface area contributed by atoms with Crippen LogP contribution in [-0.2, 0) is 6.54 Å². The highest BCUT2D eigenvalue weighted by molar-refractivity contribution is 5.64. The van der Waals surface area contributed by atoms with Crippen LogP contribution in [0.1, 0.15) is 5.56 Å². The van der Waals surface area contributed by atoms with Gasteiger partial charge in [0.05, 0.1) is 21.3 Å². The van der Waals surface area contributed by atoms with Crippen molar-refractivity contribution in [3.05, 3.63) is 17.7 Å². The molecule has 1 N–H and O–H groups in total. The molecule has 1 amide bonds. The number of rotatable bonds is 5. The molecule has 0 bridgehead atoms. The molecule has 0 aliphatic carbocycles. The molecule has 6 nitrogen and oxygen atoms in total. The zero-order chi connectivity index (χ0) is 13.7. The number of carboxylic acid groups (broad SMARTS) is 1. The summed E-state index contributed by atoms with van der Waals surface area (Å²) < 4.78 is 15.6. The van der Waals surface area contributed by atoms with Gasteiger partial charge in [0.15, 0.2) is 11.5 Å². The van der Waals surface area contributed by atoms with Gasteiger partial charge in [-0.1, -0.05) is 0 Å². The molecular weight excluding hydrogens is 238 g/mol. The highest BCUT2D eigenvalue weighted by atomic mass is 16.5. The molecule has 0 atom stereocenters. The monoisotopic (exact) mass is 255 g/mol. The molecule has 0 saturated heterocycles. The number of hydrogen-bond donors (Lipinski definition) is 1. The lowest BCUT2D eigenvalue weighted by Gasteiger charge is -2.17. The van der Waals surface area contributed by atoms with Crippen LogP contribution >= 0.6 is 0 Å². The third-order valence-electron chi connectivity index (χ3n) is 2.47. The number of benzene rings is 1. The van der Waals surface area contributed by atoms with Crippen LogP contribution in [0, 0.1) is 0 Å². The summed E-state index contributed by atoms with van der Waals surface area (Å²) in [7, 11) is 6.04. The Kier molecular flexibility index (Phi) is 4.65. The number of hydrogen-bond acceptors (Lipinski definition) is 4. The molecule has 0 aliphatic heterocycles. The zero-order valence-electron chi connectivity index (χ0n) is 10.9. The molecule has 1 rings (SSSR count). The molecule has 1 aromatic carbocycles. The molecule has 0 aliphatic rings. The van der Waals surface area contributed by atoms with Crippen LogP contribution in [0.2, 0.25) is 0 Å². The molecule has 18 heavy (non-hydrogen) atoms. The molecular formula is C12H17NO5. The zero-order valence-corrected chi connectivity index (χ0v) is 10.9. The third-order valence-corrected chi connectivity index (χ3v) is 2.47. The van der Waals surface area contributed by atoms with Gasteiger partial charge in [-0.3, -0.25) is 0 Å². The van der Waals surface area contributed by atoms with Gasteiger partial charge in [-0.05, 0) is 17.7 Å². The number of amides is 1. The Morgan fingerprint density at radius 2 is 1.67 bits per heavy atom. The van der Waals surface area contributed by atoms with E-state index in [0.29, 0.717) is 17.2 Å². The molecule has 0 fully saturated rings. The molecule has 0 saturated carbocycles. The largest absolute Gasteiger partial charge is 0.493 e. The van der Waals surface area contributed by atoms with Crippen LogP contribution in [0.4, 0.5) is 4.79 Å². The molecule has 0 heterocycles. The minimum Gasteiger partial charge on any atom is -0.493 e. The standard InChI is InChI=1S/C12H17NO5/c1-13(12(14)15)7-8-5-9(16-2)11(18-4)10(6-8)17-3/h5-6H,7H2,1-4H3,(H,14,15). The van der Waals surface area contributed by atoms with Crippen molar-refractivity contribution in [2.24, 2.45) is 0 Å². The van der Waals surface area contributed by atoms with Gasteiger partial charge in [-0.25, -0.2) is 4.79 Å². The molecule has 1 aromatic rings. The van der Waals surface area contributed by atoms with Crippen LogP contribution < -0.4 is 14.2 Å². The van der Waals surface area contributed by atoms with Crippen LogP contribution in [0.5, 0.6) is 17.2 Å². The van der Waals surface area contributed by atoms with Crippen LogP contribution in [-0.4, -0.2) is 44.5 Å². The predicted molar refractivity (Wildman–Crippen MR) is 65.6 cm³/mol. The second kappa shape index (κ2) is 6.00. The maximum Gasteiger partial charge on any atom is 0.407 e.